The molecule has 0 aromatic heterocycles. The Hall–Kier alpha value is -1.67. The van der Waals surface area contributed by atoms with Gasteiger partial charge in [0, 0.05) is 31.9 Å². The summed E-state index contributed by atoms with van der Waals surface area (Å²) in [5.41, 5.74) is 2.57. The third-order valence-corrected chi connectivity index (χ3v) is 3.96. The highest BCUT2D eigenvalue weighted by Crippen LogP contribution is 2.19. The molecule has 1 aliphatic heterocycles. The van der Waals surface area contributed by atoms with Crippen molar-refractivity contribution in [2.45, 2.75) is 6.92 Å². The van der Waals surface area contributed by atoms with Crippen LogP contribution in [0.4, 0.5) is 5.69 Å². The second-order valence-electron chi connectivity index (χ2n) is 4.51. The zero-order valence-electron chi connectivity index (χ0n) is 11.3. The van der Waals surface area contributed by atoms with E-state index in [9.17, 15) is 0 Å². The first-order valence-electron chi connectivity index (χ1n) is 6.32. The van der Waals surface area contributed by atoms with Crippen molar-refractivity contribution in [3.8, 4) is 6.19 Å². The van der Waals surface area contributed by atoms with E-state index in [1.165, 1.54) is 23.0 Å². The molecule has 100 valence electrons. The number of benzene rings is 1. The van der Waals surface area contributed by atoms with Crippen LogP contribution >= 0.6 is 11.8 Å². The van der Waals surface area contributed by atoms with Crippen LogP contribution in [0.1, 0.15) is 5.56 Å². The Morgan fingerprint density at radius 2 is 2.05 bits per heavy atom. The number of nitrogens with zero attached hydrogens (tertiary/aromatic N) is 4. The van der Waals surface area contributed by atoms with Gasteiger partial charge in [0.15, 0.2) is 5.17 Å². The number of piperazine rings is 1. The smallest absolute Gasteiger partial charge is 0.208 e. The molecule has 0 unspecified atom stereocenters. The SMILES string of the molecule is CSC(=NC#N)N1CCN(c2cccc(C)c2)CC1. The number of aliphatic imine (C=N–C) groups is 1. The summed E-state index contributed by atoms with van der Waals surface area (Å²) < 4.78 is 0. The summed E-state index contributed by atoms with van der Waals surface area (Å²) in [4.78, 5) is 8.43. The van der Waals surface area contributed by atoms with Gasteiger partial charge in [-0.15, -0.1) is 4.99 Å². The van der Waals surface area contributed by atoms with Gasteiger partial charge in [0.25, 0.3) is 0 Å². The molecule has 1 saturated heterocycles. The van der Waals surface area contributed by atoms with E-state index in [0.717, 1.165) is 31.3 Å². The normalized spacial score (nSPS) is 16.4. The van der Waals surface area contributed by atoms with Crippen molar-refractivity contribution >= 4 is 22.6 Å². The van der Waals surface area contributed by atoms with Crippen LogP contribution in [-0.2, 0) is 0 Å². The number of hydrogen-bond acceptors (Lipinski definition) is 4. The summed E-state index contributed by atoms with van der Waals surface area (Å²) in [5.74, 6) is 0. The van der Waals surface area contributed by atoms with E-state index in [2.05, 4.69) is 46.0 Å². The summed E-state index contributed by atoms with van der Waals surface area (Å²) in [6.45, 7) is 5.87. The topological polar surface area (TPSA) is 42.6 Å². The molecular formula is C14H18N4S. The lowest BCUT2D eigenvalue weighted by Gasteiger charge is -2.37. The average Bonchev–Trinajstić information content (AvgIpc) is 2.45. The van der Waals surface area contributed by atoms with Crippen molar-refractivity contribution in [2.24, 2.45) is 4.99 Å². The van der Waals surface area contributed by atoms with E-state index in [1.807, 2.05) is 12.4 Å². The molecule has 1 aromatic rings. The van der Waals surface area contributed by atoms with Gasteiger partial charge in [-0.3, -0.25) is 0 Å². The monoisotopic (exact) mass is 274 g/mol. The van der Waals surface area contributed by atoms with E-state index >= 15 is 0 Å². The lowest BCUT2D eigenvalue weighted by Crippen LogP contribution is -2.48. The maximum absolute atomic E-state index is 8.67. The minimum absolute atomic E-state index is 0.825. The fourth-order valence-electron chi connectivity index (χ4n) is 2.27. The van der Waals surface area contributed by atoms with Gasteiger partial charge >= 0.3 is 0 Å². The highest BCUT2D eigenvalue weighted by molar-refractivity contribution is 8.13. The Morgan fingerprint density at radius 3 is 2.63 bits per heavy atom. The van der Waals surface area contributed by atoms with Crippen LogP contribution in [0.3, 0.4) is 0 Å². The zero-order chi connectivity index (χ0) is 13.7. The fourth-order valence-corrected chi connectivity index (χ4v) is 2.84. The van der Waals surface area contributed by atoms with Gasteiger partial charge in [-0.1, -0.05) is 23.9 Å². The largest absolute Gasteiger partial charge is 0.368 e. The number of hydrogen-bond donors (Lipinski definition) is 0. The van der Waals surface area contributed by atoms with Crippen LogP contribution in [0.5, 0.6) is 0 Å². The number of rotatable bonds is 1. The predicted molar refractivity (Wildman–Crippen MR) is 81.5 cm³/mol. The van der Waals surface area contributed by atoms with Crippen molar-refractivity contribution < 1.29 is 0 Å². The molecule has 19 heavy (non-hydrogen) atoms. The van der Waals surface area contributed by atoms with Crippen molar-refractivity contribution in [2.75, 3.05) is 37.3 Å². The van der Waals surface area contributed by atoms with Crippen molar-refractivity contribution in [1.82, 2.24) is 4.90 Å². The summed E-state index contributed by atoms with van der Waals surface area (Å²) in [6, 6.07) is 8.59. The molecule has 5 heteroatoms. The van der Waals surface area contributed by atoms with Crippen LogP contribution in [-0.4, -0.2) is 42.5 Å². The maximum Gasteiger partial charge on any atom is 0.208 e. The highest BCUT2D eigenvalue weighted by Gasteiger charge is 2.19. The minimum atomic E-state index is 0.825. The first-order valence-corrected chi connectivity index (χ1v) is 7.54. The number of thioether (sulfide) groups is 1. The molecule has 0 aliphatic carbocycles. The van der Waals surface area contributed by atoms with Crippen molar-refractivity contribution in [1.29, 1.82) is 5.26 Å². The van der Waals surface area contributed by atoms with Crippen LogP contribution in [0.15, 0.2) is 29.3 Å². The Kier molecular flexibility index (Phi) is 4.69. The third kappa shape index (κ3) is 3.42. The van der Waals surface area contributed by atoms with Gasteiger partial charge < -0.3 is 9.80 Å². The minimum Gasteiger partial charge on any atom is -0.368 e. The highest BCUT2D eigenvalue weighted by atomic mass is 32.2. The van der Waals surface area contributed by atoms with Gasteiger partial charge in [-0.25, -0.2) is 0 Å². The van der Waals surface area contributed by atoms with E-state index in [1.54, 1.807) is 0 Å². The molecular weight excluding hydrogens is 256 g/mol. The summed E-state index contributed by atoms with van der Waals surface area (Å²) in [7, 11) is 0. The van der Waals surface area contributed by atoms with E-state index in [4.69, 9.17) is 5.26 Å². The second kappa shape index (κ2) is 6.48. The molecule has 0 radical (unpaired) electrons. The molecule has 1 heterocycles. The van der Waals surface area contributed by atoms with Crippen molar-refractivity contribution in [3.63, 3.8) is 0 Å². The molecule has 4 nitrogen and oxygen atoms in total. The molecule has 0 amide bonds. The Morgan fingerprint density at radius 1 is 1.32 bits per heavy atom. The molecule has 1 aliphatic rings. The average molecular weight is 274 g/mol. The number of aryl methyl sites for hydroxylation is 1. The maximum atomic E-state index is 8.67. The molecule has 0 saturated carbocycles. The quantitative estimate of drug-likeness (QED) is 0.448. The van der Waals surface area contributed by atoms with E-state index < -0.39 is 0 Å². The fraction of sp³-hybridized carbons (Fsp3) is 0.429. The molecule has 1 aromatic carbocycles. The molecule has 2 rings (SSSR count). The van der Waals surface area contributed by atoms with Crippen LogP contribution in [0.2, 0.25) is 0 Å². The van der Waals surface area contributed by atoms with Crippen LogP contribution in [0.25, 0.3) is 0 Å². The van der Waals surface area contributed by atoms with Gasteiger partial charge in [0.1, 0.15) is 0 Å². The Balaban J connectivity index is 2.00. The summed E-state index contributed by atoms with van der Waals surface area (Å²) >= 11 is 1.54. The molecule has 0 bridgehead atoms. The lowest BCUT2D eigenvalue weighted by atomic mass is 10.2. The third-order valence-electron chi connectivity index (χ3n) is 3.25. The number of amidine groups is 1. The van der Waals surface area contributed by atoms with E-state index in [0.29, 0.717) is 0 Å². The molecule has 1 fully saturated rings. The molecule has 0 atom stereocenters. The Bertz CT molecular complexity index is 498. The van der Waals surface area contributed by atoms with Gasteiger partial charge in [-0.05, 0) is 30.9 Å². The van der Waals surface area contributed by atoms with E-state index in [-0.39, 0.29) is 0 Å². The summed E-state index contributed by atoms with van der Waals surface area (Å²) in [5, 5.41) is 9.50. The predicted octanol–water partition coefficient (Wildman–Crippen LogP) is 2.32. The van der Waals surface area contributed by atoms with Gasteiger partial charge in [-0.2, -0.15) is 5.26 Å². The molecule has 0 spiro atoms. The summed E-state index contributed by atoms with van der Waals surface area (Å²) in [6.07, 6.45) is 3.84. The number of nitriles is 1. The van der Waals surface area contributed by atoms with Crippen LogP contribution < -0.4 is 4.90 Å². The van der Waals surface area contributed by atoms with Crippen molar-refractivity contribution in [3.05, 3.63) is 29.8 Å². The first-order chi connectivity index (χ1) is 9.24. The van der Waals surface area contributed by atoms with Gasteiger partial charge in [0.2, 0.25) is 6.19 Å². The standard InChI is InChI=1S/C14H18N4S/c1-12-4-3-5-13(10-12)17-6-8-18(9-7-17)14(19-2)16-11-15/h3-5,10H,6-9H2,1-2H3. The van der Waals surface area contributed by atoms with Crippen LogP contribution in [0, 0.1) is 18.4 Å². The second-order valence-corrected chi connectivity index (χ2v) is 5.28. The van der Waals surface area contributed by atoms with Gasteiger partial charge in [0.05, 0.1) is 0 Å². The first kappa shape index (κ1) is 13.8. The molecule has 0 N–H and O–H groups in total. The number of anilines is 1. The lowest BCUT2D eigenvalue weighted by molar-refractivity contribution is 0.392. The zero-order valence-corrected chi connectivity index (χ0v) is 12.2. The Labute approximate surface area is 118 Å².